The van der Waals surface area contributed by atoms with Crippen LogP contribution >= 0.6 is 0 Å². The fraction of sp³-hybridized carbons (Fsp3) is 0.839. The summed E-state index contributed by atoms with van der Waals surface area (Å²) in [6.07, 6.45) is 59.8. The van der Waals surface area contributed by atoms with Gasteiger partial charge < -0.3 is 14.2 Å². The summed E-state index contributed by atoms with van der Waals surface area (Å²) in [6.45, 7) is 6.54. The molecule has 0 saturated heterocycles. The van der Waals surface area contributed by atoms with Gasteiger partial charge in [-0.15, -0.1) is 0 Å². The molecule has 0 unspecified atom stereocenters. The molecule has 0 aliphatic heterocycles. The Hall–Kier alpha value is -2.37. The zero-order chi connectivity index (χ0) is 45.1. The summed E-state index contributed by atoms with van der Waals surface area (Å²) < 4.78 is 16.8. The summed E-state index contributed by atoms with van der Waals surface area (Å²) in [7, 11) is 0. The summed E-state index contributed by atoms with van der Waals surface area (Å²) in [4.78, 5) is 38.0. The standard InChI is InChI=1S/C56H102O6/c1-4-7-10-13-16-19-22-25-27-29-31-34-37-40-43-46-49-55(58)61-52-53(51-60-54(57)48-45-42-39-36-33-30-24-21-18-15-12-9-6-3)62-56(59)50-47-44-41-38-35-32-28-26-23-20-17-14-11-8-5-2/h8,11,17,20,26,28,53H,4-7,9-10,12-16,18-19,21-25,27,29-52H2,1-3H3/b11-8+,20-17+,28-26+/t53-/m1/s1. The van der Waals surface area contributed by atoms with E-state index in [1.807, 2.05) is 0 Å². The summed E-state index contributed by atoms with van der Waals surface area (Å²) >= 11 is 0. The molecule has 0 fully saturated rings. The molecule has 1 atom stereocenters. The fourth-order valence-electron chi connectivity index (χ4n) is 7.87. The van der Waals surface area contributed by atoms with E-state index >= 15 is 0 Å². The van der Waals surface area contributed by atoms with Gasteiger partial charge in [0.1, 0.15) is 13.2 Å². The summed E-state index contributed by atoms with van der Waals surface area (Å²) in [6, 6.07) is 0. The second-order valence-corrected chi connectivity index (χ2v) is 18.1. The first-order valence-corrected chi connectivity index (χ1v) is 27.0. The highest BCUT2D eigenvalue weighted by molar-refractivity contribution is 5.71. The van der Waals surface area contributed by atoms with Crippen LogP contribution in [-0.4, -0.2) is 37.2 Å². The third-order valence-corrected chi connectivity index (χ3v) is 11.9. The second-order valence-electron chi connectivity index (χ2n) is 18.1. The molecule has 0 spiro atoms. The lowest BCUT2D eigenvalue weighted by atomic mass is 10.0. The minimum atomic E-state index is -0.776. The molecule has 0 aromatic carbocycles. The number of carbonyl (C=O) groups is 3. The fourth-order valence-corrected chi connectivity index (χ4v) is 7.87. The minimum absolute atomic E-state index is 0.0747. The molecule has 0 aliphatic rings. The monoisotopic (exact) mass is 871 g/mol. The lowest BCUT2D eigenvalue weighted by Gasteiger charge is -2.18. The van der Waals surface area contributed by atoms with Gasteiger partial charge >= 0.3 is 17.9 Å². The molecule has 0 radical (unpaired) electrons. The summed E-state index contributed by atoms with van der Waals surface area (Å²) in [5.41, 5.74) is 0. The Kier molecular flexibility index (Phi) is 49.3. The summed E-state index contributed by atoms with van der Waals surface area (Å²) in [5.74, 6) is -0.877. The largest absolute Gasteiger partial charge is 0.462 e. The Morgan fingerprint density at radius 1 is 0.339 bits per heavy atom. The minimum Gasteiger partial charge on any atom is -0.462 e. The zero-order valence-electron chi connectivity index (χ0n) is 41.4. The van der Waals surface area contributed by atoms with Crippen molar-refractivity contribution in [2.24, 2.45) is 0 Å². The van der Waals surface area contributed by atoms with Crippen LogP contribution in [0.3, 0.4) is 0 Å². The molecule has 0 rings (SSSR count). The highest BCUT2D eigenvalue weighted by Gasteiger charge is 2.19. The van der Waals surface area contributed by atoms with Crippen molar-refractivity contribution in [3.63, 3.8) is 0 Å². The molecule has 62 heavy (non-hydrogen) atoms. The maximum absolute atomic E-state index is 12.8. The Morgan fingerprint density at radius 3 is 0.984 bits per heavy atom. The van der Waals surface area contributed by atoms with Crippen molar-refractivity contribution in [3.8, 4) is 0 Å². The maximum Gasteiger partial charge on any atom is 0.306 e. The van der Waals surface area contributed by atoms with E-state index in [0.717, 1.165) is 96.3 Å². The normalized spacial score (nSPS) is 12.2. The van der Waals surface area contributed by atoms with Gasteiger partial charge in [0.25, 0.3) is 0 Å². The lowest BCUT2D eigenvalue weighted by molar-refractivity contribution is -0.167. The Bertz CT molecular complexity index is 1050. The zero-order valence-corrected chi connectivity index (χ0v) is 41.4. The van der Waals surface area contributed by atoms with Crippen molar-refractivity contribution in [1.29, 1.82) is 0 Å². The Morgan fingerprint density at radius 2 is 0.629 bits per heavy atom. The van der Waals surface area contributed by atoms with Crippen molar-refractivity contribution in [1.82, 2.24) is 0 Å². The van der Waals surface area contributed by atoms with E-state index in [-0.39, 0.29) is 31.1 Å². The van der Waals surface area contributed by atoms with Crippen LogP contribution in [0.25, 0.3) is 0 Å². The predicted molar refractivity (Wildman–Crippen MR) is 266 cm³/mol. The molecule has 0 bridgehead atoms. The van der Waals surface area contributed by atoms with Gasteiger partial charge in [0, 0.05) is 19.3 Å². The molecule has 362 valence electrons. The van der Waals surface area contributed by atoms with Gasteiger partial charge in [-0.3, -0.25) is 14.4 Å². The highest BCUT2D eigenvalue weighted by Crippen LogP contribution is 2.16. The molecule has 0 saturated carbocycles. The second kappa shape index (κ2) is 51.3. The average Bonchev–Trinajstić information content (AvgIpc) is 3.27. The topological polar surface area (TPSA) is 78.9 Å². The van der Waals surface area contributed by atoms with Gasteiger partial charge in [-0.05, 0) is 51.4 Å². The van der Waals surface area contributed by atoms with Crippen molar-refractivity contribution in [3.05, 3.63) is 36.5 Å². The van der Waals surface area contributed by atoms with E-state index < -0.39 is 6.10 Å². The number of rotatable bonds is 49. The van der Waals surface area contributed by atoms with Gasteiger partial charge in [0.2, 0.25) is 0 Å². The molecular formula is C56H102O6. The number of esters is 3. The smallest absolute Gasteiger partial charge is 0.306 e. The van der Waals surface area contributed by atoms with Gasteiger partial charge in [-0.2, -0.15) is 0 Å². The molecule has 0 N–H and O–H groups in total. The first-order chi connectivity index (χ1) is 30.5. The average molecular weight is 871 g/mol. The van der Waals surface area contributed by atoms with E-state index in [1.165, 1.54) is 148 Å². The highest BCUT2D eigenvalue weighted by atomic mass is 16.6. The number of unbranched alkanes of at least 4 members (excludes halogenated alkanes) is 32. The first kappa shape index (κ1) is 59.6. The van der Waals surface area contributed by atoms with Gasteiger partial charge in [-0.1, -0.05) is 250 Å². The van der Waals surface area contributed by atoms with E-state index in [2.05, 4.69) is 57.2 Å². The third kappa shape index (κ3) is 48.7. The molecule has 0 aromatic rings. The van der Waals surface area contributed by atoms with Crippen molar-refractivity contribution < 1.29 is 28.6 Å². The first-order valence-electron chi connectivity index (χ1n) is 27.0. The summed E-state index contributed by atoms with van der Waals surface area (Å²) in [5, 5.41) is 0. The molecule has 0 amide bonds. The number of hydrogen-bond donors (Lipinski definition) is 0. The molecule has 0 aromatic heterocycles. The van der Waals surface area contributed by atoms with Crippen molar-refractivity contribution >= 4 is 17.9 Å². The SMILES string of the molecule is CC/C=C/C/C=C/C/C=C/CCCCCCCC(=O)O[C@H](COC(=O)CCCCCCCCCCCCCCC)COC(=O)CCCCCCCCCCCCCCCCCC. The number of ether oxygens (including phenoxy) is 3. The molecule has 0 aliphatic carbocycles. The van der Waals surface area contributed by atoms with Crippen molar-refractivity contribution in [2.45, 2.75) is 290 Å². The lowest BCUT2D eigenvalue weighted by Crippen LogP contribution is -2.30. The molecule has 0 heterocycles. The molecular weight excluding hydrogens is 769 g/mol. The van der Waals surface area contributed by atoms with Crippen LogP contribution in [0.2, 0.25) is 0 Å². The van der Waals surface area contributed by atoms with Crippen LogP contribution in [-0.2, 0) is 28.6 Å². The van der Waals surface area contributed by atoms with Crippen LogP contribution in [0.5, 0.6) is 0 Å². The number of allylic oxidation sites excluding steroid dienone is 6. The van der Waals surface area contributed by atoms with Crippen LogP contribution < -0.4 is 0 Å². The van der Waals surface area contributed by atoms with Crippen LogP contribution in [0.4, 0.5) is 0 Å². The molecule has 6 nitrogen and oxygen atoms in total. The van der Waals surface area contributed by atoms with Gasteiger partial charge in [-0.25, -0.2) is 0 Å². The van der Waals surface area contributed by atoms with E-state index in [1.54, 1.807) is 0 Å². The Labute approximate surface area is 385 Å². The number of carbonyl (C=O) groups excluding carboxylic acids is 3. The predicted octanol–water partition coefficient (Wildman–Crippen LogP) is 17.7. The van der Waals surface area contributed by atoms with E-state index in [4.69, 9.17) is 14.2 Å². The van der Waals surface area contributed by atoms with Gasteiger partial charge in [0.15, 0.2) is 6.10 Å². The quantitative estimate of drug-likeness (QED) is 0.0262. The van der Waals surface area contributed by atoms with E-state index in [9.17, 15) is 14.4 Å². The molecule has 6 heteroatoms. The maximum atomic E-state index is 12.8. The van der Waals surface area contributed by atoms with Crippen molar-refractivity contribution in [2.75, 3.05) is 13.2 Å². The van der Waals surface area contributed by atoms with E-state index in [0.29, 0.717) is 19.3 Å². The van der Waals surface area contributed by atoms with Crippen LogP contribution in [0.15, 0.2) is 36.5 Å². The van der Waals surface area contributed by atoms with Gasteiger partial charge in [0.05, 0.1) is 0 Å². The van der Waals surface area contributed by atoms with Crippen LogP contribution in [0, 0.1) is 0 Å². The Balaban J connectivity index is 4.36. The number of hydrogen-bond acceptors (Lipinski definition) is 6. The third-order valence-electron chi connectivity index (χ3n) is 11.9. The van der Waals surface area contributed by atoms with Crippen LogP contribution in [0.1, 0.15) is 284 Å².